The maximum atomic E-state index is 10.8. The van der Waals surface area contributed by atoms with E-state index >= 15 is 0 Å². The molecule has 0 aromatic carbocycles. The molecule has 0 aliphatic heterocycles. The highest BCUT2D eigenvalue weighted by molar-refractivity contribution is 5.70. The fourth-order valence-corrected chi connectivity index (χ4v) is 2.07. The molecule has 3 nitrogen and oxygen atoms in total. The monoisotopic (exact) mass is 243 g/mol. The lowest BCUT2D eigenvalue weighted by atomic mass is 9.93. The van der Waals surface area contributed by atoms with Gasteiger partial charge in [-0.05, 0) is 18.8 Å². The van der Waals surface area contributed by atoms with Gasteiger partial charge < -0.3 is 10.8 Å². The Hall–Kier alpha value is -0.570. The normalized spacial score (nSPS) is 14.5. The van der Waals surface area contributed by atoms with Gasteiger partial charge >= 0.3 is 5.97 Å². The van der Waals surface area contributed by atoms with Crippen LogP contribution in [0.1, 0.15) is 65.2 Å². The minimum Gasteiger partial charge on any atom is -0.481 e. The zero-order valence-corrected chi connectivity index (χ0v) is 11.5. The van der Waals surface area contributed by atoms with Crippen molar-refractivity contribution in [2.24, 2.45) is 17.6 Å². The summed E-state index contributed by atoms with van der Waals surface area (Å²) in [4.78, 5) is 10.8. The standard InChI is InChI=1S/C14H29NO2/c1-3-4-5-6-7-8-12(2)9-10-13(11-15)14(16)17/h12-13H,3-11,15H2,1-2H3,(H,16,17). The number of aliphatic carboxylic acids is 1. The van der Waals surface area contributed by atoms with Gasteiger partial charge in [0, 0.05) is 6.54 Å². The highest BCUT2D eigenvalue weighted by Crippen LogP contribution is 2.18. The summed E-state index contributed by atoms with van der Waals surface area (Å²) in [5.41, 5.74) is 5.43. The summed E-state index contributed by atoms with van der Waals surface area (Å²) < 4.78 is 0. The highest BCUT2D eigenvalue weighted by atomic mass is 16.4. The van der Waals surface area contributed by atoms with Gasteiger partial charge in [-0.3, -0.25) is 4.79 Å². The van der Waals surface area contributed by atoms with Gasteiger partial charge in [-0.25, -0.2) is 0 Å². The molecule has 0 amide bonds. The second-order valence-electron chi connectivity index (χ2n) is 5.16. The fourth-order valence-electron chi connectivity index (χ4n) is 2.07. The smallest absolute Gasteiger partial charge is 0.307 e. The van der Waals surface area contributed by atoms with Crippen LogP contribution < -0.4 is 5.73 Å². The van der Waals surface area contributed by atoms with Crippen molar-refractivity contribution in [1.29, 1.82) is 0 Å². The molecule has 0 saturated heterocycles. The fraction of sp³-hybridized carbons (Fsp3) is 0.929. The van der Waals surface area contributed by atoms with Crippen LogP contribution in [0.2, 0.25) is 0 Å². The third-order valence-corrected chi connectivity index (χ3v) is 3.44. The molecule has 0 aromatic heterocycles. The van der Waals surface area contributed by atoms with Crippen LogP contribution in [0.3, 0.4) is 0 Å². The Morgan fingerprint density at radius 1 is 1.12 bits per heavy atom. The first kappa shape index (κ1) is 16.4. The second-order valence-corrected chi connectivity index (χ2v) is 5.16. The van der Waals surface area contributed by atoms with Crippen LogP contribution >= 0.6 is 0 Å². The van der Waals surface area contributed by atoms with Crippen molar-refractivity contribution < 1.29 is 9.90 Å². The first-order chi connectivity index (χ1) is 8.11. The van der Waals surface area contributed by atoms with Crippen molar-refractivity contribution in [3.8, 4) is 0 Å². The Labute approximate surface area is 106 Å². The molecule has 0 aliphatic carbocycles. The van der Waals surface area contributed by atoms with Crippen molar-refractivity contribution in [3.05, 3.63) is 0 Å². The minimum atomic E-state index is -0.748. The van der Waals surface area contributed by atoms with Crippen LogP contribution in [-0.4, -0.2) is 17.6 Å². The van der Waals surface area contributed by atoms with E-state index in [1.54, 1.807) is 0 Å². The predicted octanol–water partition coefficient (Wildman–Crippen LogP) is 3.42. The Morgan fingerprint density at radius 3 is 2.29 bits per heavy atom. The van der Waals surface area contributed by atoms with Gasteiger partial charge in [-0.15, -0.1) is 0 Å². The summed E-state index contributed by atoms with van der Waals surface area (Å²) in [6.07, 6.45) is 9.49. The van der Waals surface area contributed by atoms with Crippen LogP contribution in [0.4, 0.5) is 0 Å². The minimum absolute atomic E-state index is 0.262. The number of unbranched alkanes of at least 4 members (excludes halogenated alkanes) is 4. The molecule has 0 aliphatic rings. The zero-order valence-electron chi connectivity index (χ0n) is 11.5. The molecule has 0 spiro atoms. The number of carboxylic acid groups (broad SMARTS) is 1. The summed E-state index contributed by atoms with van der Waals surface area (Å²) in [5, 5.41) is 8.88. The van der Waals surface area contributed by atoms with Gasteiger partial charge in [0.05, 0.1) is 5.92 Å². The molecule has 0 heterocycles. The maximum absolute atomic E-state index is 10.8. The Bertz CT molecular complexity index is 195. The molecule has 17 heavy (non-hydrogen) atoms. The molecule has 0 bridgehead atoms. The average molecular weight is 243 g/mol. The second kappa shape index (κ2) is 10.6. The number of carbonyl (C=O) groups is 1. The maximum Gasteiger partial charge on any atom is 0.307 e. The molecule has 3 N–H and O–H groups in total. The van der Waals surface area contributed by atoms with Crippen molar-refractivity contribution in [1.82, 2.24) is 0 Å². The summed E-state index contributed by atoms with van der Waals surface area (Å²) in [6.45, 7) is 4.70. The summed E-state index contributed by atoms with van der Waals surface area (Å²) >= 11 is 0. The number of carboxylic acids is 1. The number of rotatable bonds is 11. The molecule has 3 heteroatoms. The first-order valence-electron chi connectivity index (χ1n) is 7.04. The van der Waals surface area contributed by atoms with E-state index in [1.807, 2.05) is 0 Å². The molecule has 2 unspecified atom stereocenters. The quantitative estimate of drug-likeness (QED) is 0.546. The van der Waals surface area contributed by atoms with Gasteiger partial charge in [-0.1, -0.05) is 52.4 Å². The number of hydrogen-bond donors (Lipinski definition) is 2. The van der Waals surface area contributed by atoms with Gasteiger partial charge in [0.1, 0.15) is 0 Å². The molecule has 0 radical (unpaired) electrons. The third-order valence-electron chi connectivity index (χ3n) is 3.44. The lowest BCUT2D eigenvalue weighted by Crippen LogP contribution is -2.23. The Kier molecular flexibility index (Phi) is 10.2. The number of nitrogens with two attached hydrogens (primary N) is 1. The van der Waals surface area contributed by atoms with Crippen LogP contribution in [0.5, 0.6) is 0 Å². The largest absolute Gasteiger partial charge is 0.481 e. The van der Waals surface area contributed by atoms with E-state index in [4.69, 9.17) is 10.8 Å². The van der Waals surface area contributed by atoms with Crippen LogP contribution in [-0.2, 0) is 4.79 Å². The molecular formula is C14H29NO2. The Balaban J connectivity index is 3.51. The van der Waals surface area contributed by atoms with Gasteiger partial charge in [0.25, 0.3) is 0 Å². The van der Waals surface area contributed by atoms with E-state index in [0.29, 0.717) is 5.92 Å². The van der Waals surface area contributed by atoms with E-state index in [-0.39, 0.29) is 12.5 Å². The van der Waals surface area contributed by atoms with E-state index < -0.39 is 5.97 Å². The van der Waals surface area contributed by atoms with Crippen molar-refractivity contribution >= 4 is 5.97 Å². The predicted molar refractivity (Wildman–Crippen MR) is 72.0 cm³/mol. The Morgan fingerprint density at radius 2 is 1.76 bits per heavy atom. The van der Waals surface area contributed by atoms with Crippen LogP contribution in [0.15, 0.2) is 0 Å². The molecular weight excluding hydrogens is 214 g/mol. The molecule has 0 rings (SSSR count). The van der Waals surface area contributed by atoms with E-state index in [1.165, 1.54) is 38.5 Å². The third kappa shape index (κ3) is 9.16. The molecule has 0 fully saturated rings. The molecule has 102 valence electrons. The van der Waals surface area contributed by atoms with E-state index in [0.717, 1.165) is 12.8 Å². The van der Waals surface area contributed by atoms with Crippen molar-refractivity contribution in [2.45, 2.75) is 65.2 Å². The van der Waals surface area contributed by atoms with Crippen molar-refractivity contribution in [3.63, 3.8) is 0 Å². The van der Waals surface area contributed by atoms with Gasteiger partial charge in [0.15, 0.2) is 0 Å². The number of hydrogen-bond acceptors (Lipinski definition) is 2. The topological polar surface area (TPSA) is 63.3 Å². The molecule has 0 aromatic rings. The average Bonchev–Trinajstić information content (AvgIpc) is 2.29. The highest BCUT2D eigenvalue weighted by Gasteiger charge is 2.16. The SMILES string of the molecule is CCCCCCCC(C)CCC(CN)C(=O)O. The van der Waals surface area contributed by atoms with Crippen LogP contribution in [0, 0.1) is 11.8 Å². The van der Waals surface area contributed by atoms with Gasteiger partial charge in [0.2, 0.25) is 0 Å². The van der Waals surface area contributed by atoms with Crippen molar-refractivity contribution in [2.75, 3.05) is 6.54 Å². The zero-order chi connectivity index (χ0) is 13.1. The molecule has 2 atom stereocenters. The molecule has 0 saturated carbocycles. The first-order valence-corrected chi connectivity index (χ1v) is 7.04. The lowest BCUT2D eigenvalue weighted by Gasteiger charge is -2.14. The summed E-state index contributed by atoms with van der Waals surface area (Å²) in [5.74, 6) is -0.467. The van der Waals surface area contributed by atoms with E-state index in [9.17, 15) is 4.79 Å². The summed E-state index contributed by atoms with van der Waals surface area (Å²) in [7, 11) is 0. The van der Waals surface area contributed by atoms with Crippen LogP contribution in [0.25, 0.3) is 0 Å². The summed E-state index contributed by atoms with van der Waals surface area (Å²) in [6, 6.07) is 0. The van der Waals surface area contributed by atoms with Gasteiger partial charge in [-0.2, -0.15) is 0 Å². The van der Waals surface area contributed by atoms with E-state index in [2.05, 4.69) is 13.8 Å². The lowest BCUT2D eigenvalue weighted by molar-refractivity contribution is -0.141.